The first-order chi connectivity index (χ1) is 14.9. The molecule has 2 bridgehead atoms. The third kappa shape index (κ3) is 4.03. The Morgan fingerprint density at radius 1 is 1.16 bits per heavy atom. The van der Waals surface area contributed by atoms with E-state index in [0.29, 0.717) is 16.0 Å². The van der Waals surface area contributed by atoms with Gasteiger partial charge in [-0.2, -0.15) is 4.31 Å². The zero-order valence-corrected chi connectivity index (χ0v) is 21.5. The van der Waals surface area contributed by atoms with E-state index < -0.39 is 10.0 Å². The molecule has 0 heterocycles. The summed E-state index contributed by atoms with van der Waals surface area (Å²) in [7, 11) is -2.23. The molecule has 172 valence electrons. The quantitative estimate of drug-likeness (QED) is 0.570. The third-order valence-electron chi connectivity index (χ3n) is 7.67. The van der Waals surface area contributed by atoms with Crippen molar-refractivity contribution in [2.75, 3.05) is 7.05 Å². The summed E-state index contributed by atoms with van der Waals surface area (Å²) in [5.74, 6) is 0.400. The Morgan fingerprint density at radius 3 is 2.47 bits per heavy atom. The van der Waals surface area contributed by atoms with Crippen LogP contribution in [0.15, 0.2) is 57.9 Å². The Balaban J connectivity index is 1.58. The Labute approximate surface area is 199 Å². The van der Waals surface area contributed by atoms with Crippen LogP contribution < -0.4 is 5.32 Å². The highest BCUT2D eigenvalue weighted by Gasteiger charge is 2.59. The number of fused-ring (bicyclic) bond motifs is 2. The molecule has 0 saturated heterocycles. The number of amides is 1. The normalized spacial score (nSPS) is 26.4. The second-order valence-corrected chi connectivity index (χ2v) is 13.1. The number of benzene rings is 2. The molecule has 7 heteroatoms. The molecular formula is C25H31BrN2O3S. The molecule has 1 amide bonds. The molecule has 3 atom stereocenters. The second kappa shape index (κ2) is 8.26. The van der Waals surface area contributed by atoms with Crippen LogP contribution in [0.1, 0.15) is 56.0 Å². The van der Waals surface area contributed by atoms with E-state index >= 15 is 0 Å². The van der Waals surface area contributed by atoms with Gasteiger partial charge < -0.3 is 5.32 Å². The maximum absolute atomic E-state index is 13.3. The summed E-state index contributed by atoms with van der Waals surface area (Å²) < 4.78 is 28.4. The van der Waals surface area contributed by atoms with Crippen molar-refractivity contribution >= 4 is 31.9 Å². The molecule has 0 aromatic heterocycles. The first-order valence-corrected chi connectivity index (χ1v) is 13.3. The molecule has 2 fully saturated rings. The molecule has 32 heavy (non-hydrogen) atoms. The predicted molar refractivity (Wildman–Crippen MR) is 130 cm³/mol. The molecule has 2 aromatic carbocycles. The number of halogens is 1. The largest absolute Gasteiger partial charge is 0.348 e. The van der Waals surface area contributed by atoms with Gasteiger partial charge in [0.25, 0.3) is 5.91 Å². The van der Waals surface area contributed by atoms with Gasteiger partial charge in [0.05, 0.1) is 4.90 Å². The summed E-state index contributed by atoms with van der Waals surface area (Å²) in [6.45, 7) is 7.00. The molecule has 0 radical (unpaired) electrons. The average Bonchev–Trinajstić information content (AvgIpc) is 3.23. The molecule has 2 aliphatic rings. The van der Waals surface area contributed by atoms with E-state index in [9.17, 15) is 13.2 Å². The van der Waals surface area contributed by atoms with Gasteiger partial charge in [-0.25, -0.2) is 8.42 Å². The molecule has 5 nitrogen and oxygen atoms in total. The number of nitrogens with zero attached hydrogens (tertiary/aromatic N) is 1. The highest BCUT2D eigenvalue weighted by Crippen LogP contribution is 2.62. The van der Waals surface area contributed by atoms with Crippen LogP contribution in [0.2, 0.25) is 0 Å². The minimum Gasteiger partial charge on any atom is -0.348 e. The Kier molecular flexibility index (Phi) is 6.06. The van der Waals surface area contributed by atoms with Crippen LogP contribution in [-0.4, -0.2) is 31.7 Å². The smallest absolute Gasteiger partial charge is 0.251 e. The van der Waals surface area contributed by atoms with Gasteiger partial charge in [0.15, 0.2) is 0 Å². The van der Waals surface area contributed by atoms with Crippen LogP contribution in [0.3, 0.4) is 0 Å². The molecule has 2 aromatic rings. The SMILES string of the molecule is CN(Cc1ccccc1)S(=O)(=O)c1cc(C(=O)NC2C(C)(C)[C@H]3CC[C@@]2(C)C3)ccc1Br. The van der Waals surface area contributed by atoms with Crippen molar-refractivity contribution in [3.63, 3.8) is 0 Å². The number of sulfonamides is 1. The van der Waals surface area contributed by atoms with Crippen LogP contribution in [0.4, 0.5) is 0 Å². The fraction of sp³-hybridized carbons (Fsp3) is 0.480. The summed E-state index contributed by atoms with van der Waals surface area (Å²) in [6.07, 6.45) is 3.47. The van der Waals surface area contributed by atoms with E-state index in [-0.39, 0.29) is 34.2 Å². The molecule has 0 spiro atoms. The van der Waals surface area contributed by atoms with Crippen molar-refractivity contribution in [3.05, 3.63) is 64.1 Å². The maximum Gasteiger partial charge on any atom is 0.251 e. The Hall–Kier alpha value is -1.70. The highest BCUT2D eigenvalue weighted by molar-refractivity contribution is 9.10. The fourth-order valence-electron chi connectivity index (χ4n) is 5.81. The summed E-state index contributed by atoms with van der Waals surface area (Å²) in [5.41, 5.74) is 1.39. The van der Waals surface area contributed by atoms with E-state index in [1.165, 1.54) is 16.8 Å². The summed E-state index contributed by atoms with van der Waals surface area (Å²) >= 11 is 3.37. The van der Waals surface area contributed by atoms with Gasteiger partial charge in [0.2, 0.25) is 10.0 Å². The van der Waals surface area contributed by atoms with Crippen LogP contribution in [0, 0.1) is 16.7 Å². The van der Waals surface area contributed by atoms with E-state index in [1.807, 2.05) is 30.3 Å². The molecule has 1 unspecified atom stereocenters. The number of hydrogen-bond acceptors (Lipinski definition) is 3. The van der Waals surface area contributed by atoms with Gasteiger partial charge in [0, 0.05) is 29.7 Å². The van der Waals surface area contributed by atoms with E-state index in [1.54, 1.807) is 19.2 Å². The standard InChI is InChI=1S/C25H31BrN2O3S/c1-24(2)19-12-13-25(3,15-19)23(24)27-22(29)18-10-11-20(26)21(14-18)32(30,31)28(4)16-17-8-6-5-7-9-17/h5-11,14,19,23H,12-13,15-16H2,1-4H3,(H,27,29)/t19-,23?,25-/m0/s1. The van der Waals surface area contributed by atoms with Crippen LogP contribution >= 0.6 is 15.9 Å². The minimum absolute atomic E-state index is 0.0306. The van der Waals surface area contributed by atoms with Crippen molar-refractivity contribution in [1.82, 2.24) is 9.62 Å². The lowest BCUT2D eigenvalue weighted by Crippen LogP contribution is -2.52. The Bertz CT molecular complexity index is 1130. The first kappa shape index (κ1) is 23.5. The number of hydrogen-bond donors (Lipinski definition) is 1. The second-order valence-electron chi connectivity index (χ2n) is 10.2. The summed E-state index contributed by atoms with van der Waals surface area (Å²) in [4.78, 5) is 13.3. The lowest BCUT2D eigenvalue weighted by molar-refractivity contribution is 0.0737. The zero-order valence-electron chi connectivity index (χ0n) is 19.1. The van der Waals surface area contributed by atoms with Gasteiger partial charge >= 0.3 is 0 Å². The number of carbonyl (C=O) groups excluding carboxylic acids is 1. The molecular weight excluding hydrogens is 488 g/mol. The molecule has 0 aliphatic heterocycles. The van der Waals surface area contributed by atoms with Crippen LogP contribution in [-0.2, 0) is 16.6 Å². The molecule has 4 rings (SSSR count). The number of nitrogens with one attached hydrogen (secondary N) is 1. The number of rotatable bonds is 6. The molecule has 1 N–H and O–H groups in total. The van der Waals surface area contributed by atoms with Crippen molar-refractivity contribution in [1.29, 1.82) is 0 Å². The predicted octanol–water partition coefficient (Wildman–Crippen LogP) is 5.21. The van der Waals surface area contributed by atoms with Crippen molar-refractivity contribution in [3.8, 4) is 0 Å². The third-order valence-corrected chi connectivity index (χ3v) is 10.5. The van der Waals surface area contributed by atoms with Crippen LogP contribution in [0.5, 0.6) is 0 Å². The highest BCUT2D eigenvalue weighted by atomic mass is 79.9. The maximum atomic E-state index is 13.3. The van der Waals surface area contributed by atoms with E-state index in [2.05, 4.69) is 42.0 Å². The molecule has 2 saturated carbocycles. The molecule has 2 aliphatic carbocycles. The monoisotopic (exact) mass is 518 g/mol. The van der Waals surface area contributed by atoms with E-state index in [0.717, 1.165) is 18.4 Å². The first-order valence-electron chi connectivity index (χ1n) is 11.1. The van der Waals surface area contributed by atoms with Gasteiger partial charge in [0.1, 0.15) is 0 Å². The van der Waals surface area contributed by atoms with Gasteiger partial charge in [-0.1, -0.05) is 51.1 Å². The topological polar surface area (TPSA) is 66.5 Å². The van der Waals surface area contributed by atoms with Crippen molar-refractivity contribution in [2.24, 2.45) is 16.7 Å². The minimum atomic E-state index is -3.79. The van der Waals surface area contributed by atoms with Crippen molar-refractivity contribution < 1.29 is 13.2 Å². The average molecular weight is 520 g/mol. The van der Waals surface area contributed by atoms with Gasteiger partial charge in [-0.15, -0.1) is 0 Å². The van der Waals surface area contributed by atoms with Crippen molar-refractivity contribution in [2.45, 2.75) is 57.5 Å². The summed E-state index contributed by atoms with van der Waals surface area (Å²) in [6, 6.07) is 14.3. The Morgan fingerprint density at radius 2 is 1.84 bits per heavy atom. The van der Waals surface area contributed by atoms with Crippen LogP contribution in [0.25, 0.3) is 0 Å². The number of carbonyl (C=O) groups is 1. The lowest BCUT2D eigenvalue weighted by atomic mass is 9.68. The van der Waals surface area contributed by atoms with Gasteiger partial charge in [-0.3, -0.25) is 4.79 Å². The fourth-order valence-corrected chi connectivity index (χ4v) is 7.92. The van der Waals surface area contributed by atoms with Gasteiger partial charge in [-0.05, 0) is 75.7 Å². The zero-order chi connectivity index (χ0) is 23.3. The summed E-state index contributed by atoms with van der Waals surface area (Å²) in [5, 5.41) is 3.26. The lowest BCUT2D eigenvalue weighted by Gasteiger charge is -2.43. The van der Waals surface area contributed by atoms with E-state index in [4.69, 9.17) is 0 Å².